The van der Waals surface area contributed by atoms with Crippen molar-refractivity contribution in [3.63, 3.8) is 0 Å². The molecule has 1 N–H and O–H groups in total. The molecule has 0 aromatic carbocycles. The molecule has 3 rings (SSSR count). The van der Waals surface area contributed by atoms with Crippen molar-refractivity contribution in [3.8, 4) is 11.4 Å². The Hall–Kier alpha value is -3.23. The average Bonchev–Trinajstić information content (AvgIpc) is 3.05. The number of hydrogen-bond donors (Lipinski definition) is 1. The Morgan fingerprint density at radius 3 is 2.46 bits per heavy atom. The van der Waals surface area contributed by atoms with Crippen molar-refractivity contribution in [3.05, 3.63) is 65.7 Å². The number of hydrogen-bond acceptors (Lipinski definition) is 4. The number of aromatic nitrogens is 4. The van der Waals surface area contributed by atoms with E-state index in [0.717, 1.165) is 35.3 Å². The van der Waals surface area contributed by atoms with Crippen LogP contribution in [0.15, 0.2) is 48.9 Å². The van der Waals surface area contributed by atoms with Crippen molar-refractivity contribution in [2.45, 2.75) is 12.7 Å². The number of rotatable bonds is 4. The van der Waals surface area contributed by atoms with Crippen LogP contribution >= 0.6 is 0 Å². The number of nitrogens with one attached hydrogen (secondary N) is 1. The summed E-state index contributed by atoms with van der Waals surface area (Å²) in [7, 11) is 1.81. The van der Waals surface area contributed by atoms with Crippen LogP contribution < -0.4 is 5.32 Å². The van der Waals surface area contributed by atoms with E-state index in [1.54, 1.807) is 29.2 Å². The van der Waals surface area contributed by atoms with Gasteiger partial charge >= 0.3 is 6.18 Å². The third-order valence-electron chi connectivity index (χ3n) is 3.68. The fourth-order valence-corrected chi connectivity index (χ4v) is 2.29. The molecule has 134 valence electrons. The van der Waals surface area contributed by atoms with Crippen LogP contribution in [0.4, 0.5) is 13.2 Å². The van der Waals surface area contributed by atoms with Crippen LogP contribution in [-0.4, -0.2) is 25.7 Å². The third kappa shape index (κ3) is 3.88. The number of halogens is 3. The second-order valence-corrected chi connectivity index (χ2v) is 5.50. The van der Waals surface area contributed by atoms with Gasteiger partial charge in [-0.1, -0.05) is 6.07 Å². The molecule has 0 aliphatic carbocycles. The molecule has 26 heavy (non-hydrogen) atoms. The van der Waals surface area contributed by atoms with E-state index < -0.39 is 17.8 Å². The number of pyridine rings is 2. The topological polar surface area (TPSA) is 72.7 Å². The minimum absolute atomic E-state index is 0.0532. The van der Waals surface area contributed by atoms with Gasteiger partial charge in [0.1, 0.15) is 5.69 Å². The summed E-state index contributed by atoms with van der Waals surface area (Å²) in [6.07, 6.45) is -0.338. The summed E-state index contributed by atoms with van der Waals surface area (Å²) in [4.78, 5) is 19.6. The highest BCUT2D eigenvalue weighted by Crippen LogP contribution is 2.27. The molecule has 3 heterocycles. The molecule has 3 aromatic rings. The molecule has 9 heteroatoms. The maximum atomic E-state index is 12.5. The standard InChI is InChI=1S/C17H14F3N5O/c1-25-14(6-7-24-25)13-4-2-11(8-21-13)9-23-16(26)12-3-5-15(22-10-12)17(18,19)20/h2-8,10H,9H2,1H3,(H,23,26). The number of carbonyl (C=O) groups is 1. The molecule has 0 radical (unpaired) electrons. The fraction of sp³-hybridized carbons (Fsp3) is 0.176. The fourth-order valence-electron chi connectivity index (χ4n) is 2.29. The monoisotopic (exact) mass is 361 g/mol. The molecule has 0 fully saturated rings. The Bertz CT molecular complexity index is 901. The molecule has 3 aromatic heterocycles. The molecule has 0 saturated heterocycles. The van der Waals surface area contributed by atoms with Gasteiger partial charge in [0.05, 0.1) is 17.0 Å². The summed E-state index contributed by atoms with van der Waals surface area (Å²) in [5.74, 6) is -0.512. The van der Waals surface area contributed by atoms with Crippen molar-refractivity contribution < 1.29 is 18.0 Å². The second-order valence-electron chi connectivity index (χ2n) is 5.50. The van der Waals surface area contributed by atoms with Crippen LogP contribution in [0.1, 0.15) is 21.6 Å². The minimum atomic E-state index is -4.53. The van der Waals surface area contributed by atoms with Gasteiger partial charge in [0.15, 0.2) is 0 Å². The first-order valence-corrected chi connectivity index (χ1v) is 7.59. The first kappa shape index (κ1) is 17.6. The lowest BCUT2D eigenvalue weighted by atomic mass is 10.2. The largest absolute Gasteiger partial charge is 0.433 e. The van der Waals surface area contributed by atoms with Crippen molar-refractivity contribution in [2.75, 3.05) is 0 Å². The van der Waals surface area contributed by atoms with E-state index in [0.29, 0.717) is 0 Å². The maximum absolute atomic E-state index is 12.5. The van der Waals surface area contributed by atoms with Gasteiger partial charge in [-0.05, 0) is 29.8 Å². The van der Waals surface area contributed by atoms with Gasteiger partial charge in [-0.15, -0.1) is 0 Å². The lowest BCUT2D eigenvalue weighted by Crippen LogP contribution is -2.23. The zero-order valence-electron chi connectivity index (χ0n) is 13.7. The zero-order valence-corrected chi connectivity index (χ0v) is 13.7. The van der Waals surface area contributed by atoms with E-state index in [1.165, 1.54) is 0 Å². The van der Waals surface area contributed by atoms with Gasteiger partial charge in [0.2, 0.25) is 0 Å². The molecular weight excluding hydrogens is 347 g/mol. The molecule has 1 amide bonds. The van der Waals surface area contributed by atoms with Crippen LogP contribution in [0, 0.1) is 0 Å². The molecular formula is C17H14F3N5O. The predicted octanol–water partition coefficient (Wildman–Crippen LogP) is 2.83. The van der Waals surface area contributed by atoms with E-state index in [4.69, 9.17) is 0 Å². The molecule has 0 saturated carbocycles. The van der Waals surface area contributed by atoms with Gasteiger partial charge in [-0.2, -0.15) is 18.3 Å². The summed E-state index contributed by atoms with van der Waals surface area (Å²) in [6, 6.07) is 7.31. The van der Waals surface area contributed by atoms with E-state index in [-0.39, 0.29) is 12.1 Å². The Morgan fingerprint density at radius 2 is 1.92 bits per heavy atom. The number of aryl methyl sites for hydroxylation is 1. The normalized spacial score (nSPS) is 11.4. The van der Waals surface area contributed by atoms with Gasteiger partial charge in [-0.25, -0.2) is 0 Å². The van der Waals surface area contributed by atoms with Crippen LogP contribution in [0.2, 0.25) is 0 Å². The molecule has 0 bridgehead atoms. The molecule has 0 aliphatic heterocycles. The Kier molecular flexibility index (Phi) is 4.70. The highest BCUT2D eigenvalue weighted by atomic mass is 19.4. The highest BCUT2D eigenvalue weighted by molar-refractivity contribution is 5.93. The summed E-state index contributed by atoms with van der Waals surface area (Å²) in [5.41, 5.74) is 1.37. The van der Waals surface area contributed by atoms with Crippen LogP contribution in [0.25, 0.3) is 11.4 Å². The van der Waals surface area contributed by atoms with E-state index in [2.05, 4.69) is 20.4 Å². The van der Waals surface area contributed by atoms with Crippen LogP contribution in [0.3, 0.4) is 0 Å². The zero-order chi connectivity index (χ0) is 18.7. The van der Waals surface area contributed by atoms with E-state index in [9.17, 15) is 18.0 Å². The minimum Gasteiger partial charge on any atom is -0.348 e. The molecule has 0 atom stereocenters. The number of carbonyl (C=O) groups excluding carboxylic acids is 1. The van der Waals surface area contributed by atoms with E-state index >= 15 is 0 Å². The van der Waals surface area contributed by atoms with E-state index in [1.807, 2.05) is 13.1 Å². The average molecular weight is 361 g/mol. The molecule has 0 unspecified atom stereocenters. The Morgan fingerprint density at radius 1 is 1.12 bits per heavy atom. The summed E-state index contributed by atoms with van der Waals surface area (Å²) in [6.45, 7) is 0.193. The van der Waals surface area contributed by atoms with Gasteiger partial charge in [0.25, 0.3) is 5.91 Å². The lowest BCUT2D eigenvalue weighted by molar-refractivity contribution is -0.141. The van der Waals surface area contributed by atoms with Gasteiger partial charge in [0, 0.05) is 32.2 Å². The molecule has 0 spiro atoms. The Balaban J connectivity index is 1.62. The molecule has 0 aliphatic rings. The summed E-state index contributed by atoms with van der Waals surface area (Å²) >= 11 is 0. The van der Waals surface area contributed by atoms with Crippen LogP contribution in [0.5, 0.6) is 0 Å². The number of nitrogens with zero attached hydrogens (tertiary/aromatic N) is 4. The van der Waals surface area contributed by atoms with Crippen molar-refractivity contribution in [2.24, 2.45) is 7.05 Å². The van der Waals surface area contributed by atoms with Gasteiger partial charge in [-0.3, -0.25) is 19.4 Å². The quantitative estimate of drug-likeness (QED) is 0.776. The first-order chi connectivity index (χ1) is 12.3. The van der Waals surface area contributed by atoms with Crippen molar-refractivity contribution in [1.29, 1.82) is 0 Å². The third-order valence-corrected chi connectivity index (χ3v) is 3.68. The second kappa shape index (κ2) is 6.95. The maximum Gasteiger partial charge on any atom is 0.433 e. The van der Waals surface area contributed by atoms with Crippen molar-refractivity contribution >= 4 is 5.91 Å². The number of alkyl halides is 3. The Labute approximate surface area is 146 Å². The number of amides is 1. The van der Waals surface area contributed by atoms with Crippen molar-refractivity contribution in [1.82, 2.24) is 25.1 Å². The SMILES string of the molecule is Cn1nccc1-c1ccc(CNC(=O)c2ccc(C(F)(F)F)nc2)cn1. The predicted molar refractivity (Wildman–Crippen MR) is 86.8 cm³/mol. The summed E-state index contributed by atoms with van der Waals surface area (Å²) < 4.78 is 39.1. The first-order valence-electron chi connectivity index (χ1n) is 7.59. The summed E-state index contributed by atoms with van der Waals surface area (Å²) in [5, 5.41) is 6.69. The highest BCUT2D eigenvalue weighted by Gasteiger charge is 2.32. The van der Waals surface area contributed by atoms with Gasteiger partial charge < -0.3 is 5.32 Å². The lowest BCUT2D eigenvalue weighted by Gasteiger charge is -2.08. The van der Waals surface area contributed by atoms with Crippen LogP contribution in [-0.2, 0) is 19.8 Å². The smallest absolute Gasteiger partial charge is 0.348 e. The molecule has 6 nitrogen and oxygen atoms in total.